The van der Waals surface area contributed by atoms with Gasteiger partial charge in [0.1, 0.15) is 0 Å². The van der Waals surface area contributed by atoms with Crippen LogP contribution in [0.2, 0.25) is 0 Å². The van der Waals surface area contributed by atoms with Crippen molar-refractivity contribution < 1.29 is 9.59 Å². The lowest BCUT2D eigenvalue weighted by Crippen LogP contribution is -2.35. The van der Waals surface area contributed by atoms with Crippen molar-refractivity contribution in [3.63, 3.8) is 0 Å². The van der Waals surface area contributed by atoms with Gasteiger partial charge in [0, 0.05) is 28.5 Å². The molecular formula is C24H22N2O2. The fourth-order valence-electron chi connectivity index (χ4n) is 3.65. The number of hydrogen-bond acceptors (Lipinski definition) is 2. The fourth-order valence-corrected chi connectivity index (χ4v) is 3.65. The Labute approximate surface area is 164 Å². The van der Waals surface area contributed by atoms with Crippen LogP contribution in [0, 0.1) is 6.92 Å². The lowest BCUT2D eigenvalue weighted by Gasteiger charge is -2.23. The summed E-state index contributed by atoms with van der Waals surface area (Å²) in [5, 5.41) is 2.88. The monoisotopic (exact) mass is 370 g/mol. The number of carbonyl (C=O) groups is 2. The zero-order chi connectivity index (χ0) is 19.7. The van der Waals surface area contributed by atoms with Gasteiger partial charge in [0.25, 0.3) is 11.8 Å². The molecule has 1 heterocycles. The van der Waals surface area contributed by atoms with E-state index in [4.69, 9.17) is 0 Å². The van der Waals surface area contributed by atoms with Gasteiger partial charge in [-0.2, -0.15) is 0 Å². The van der Waals surface area contributed by atoms with Crippen LogP contribution < -0.4 is 10.2 Å². The largest absolute Gasteiger partial charge is 0.322 e. The van der Waals surface area contributed by atoms with Gasteiger partial charge in [0.2, 0.25) is 0 Å². The lowest BCUT2D eigenvalue weighted by molar-refractivity contribution is 0.0981. The van der Waals surface area contributed by atoms with Crippen LogP contribution in [0.1, 0.15) is 38.8 Å². The molecule has 1 aliphatic rings. The Morgan fingerprint density at radius 1 is 0.929 bits per heavy atom. The van der Waals surface area contributed by atoms with Crippen LogP contribution in [0.15, 0.2) is 72.8 Å². The first-order valence-electron chi connectivity index (χ1n) is 9.42. The Hall–Kier alpha value is -3.40. The maximum Gasteiger partial charge on any atom is 0.258 e. The van der Waals surface area contributed by atoms with Gasteiger partial charge in [0.05, 0.1) is 0 Å². The molecule has 0 saturated carbocycles. The predicted molar refractivity (Wildman–Crippen MR) is 112 cm³/mol. The summed E-state index contributed by atoms with van der Waals surface area (Å²) in [4.78, 5) is 27.6. The second-order valence-electron chi connectivity index (χ2n) is 7.26. The van der Waals surface area contributed by atoms with Crippen LogP contribution >= 0.6 is 0 Å². The smallest absolute Gasteiger partial charge is 0.258 e. The van der Waals surface area contributed by atoms with Crippen LogP contribution in [-0.2, 0) is 6.42 Å². The molecule has 3 aromatic rings. The standard InChI is InChI=1S/C24H22N2O2/c1-16-10-12-21(13-11-16)25-23(27)19-7-5-8-20(15-19)24(28)26-17(2)14-18-6-3-4-9-22(18)26/h3-13,15,17H,14H2,1-2H3,(H,25,27). The zero-order valence-electron chi connectivity index (χ0n) is 16.0. The molecule has 0 fully saturated rings. The SMILES string of the molecule is Cc1ccc(NC(=O)c2cccc(C(=O)N3c4ccccc4CC3C)c2)cc1. The van der Waals surface area contributed by atoms with Crippen molar-refractivity contribution in [1.82, 2.24) is 0 Å². The third kappa shape index (κ3) is 3.41. The Morgan fingerprint density at radius 2 is 1.64 bits per heavy atom. The molecule has 1 aliphatic heterocycles. The van der Waals surface area contributed by atoms with E-state index >= 15 is 0 Å². The number of amides is 2. The minimum Gasteiger partial charge on any atom is -0.322 e. The van der Waals surface area contributed by atoms with Crippen molar-refractivity contribution in [2.45, 2.75) is 26.3 Å². The number of fused-ring (bicyclic) bond motifs is 1. The maximum atomic E-state index is 13.2. The average Bonchev–Trinajstić information content (AvgIpc) is 3.05. The van der Waals surface area contributed by atoms with Crippen molar-refractivity contribution in [2.24, 2.45) is 0 Å². The molecule has 4 rings (SSSR count). The second kappa shape index (κ2) is 7.31. The second-order valence-corrected chi connectivity index (χ2v) is 7.26. The van der Waals surface area contributed by atoms with E-state index in [1.807, 2.05) is 61.2 Å². The Morgan fingerprint density at radius 3 is 2.43 bits per heavy atom. The molecule has 0 spiro atoms. The van der Waals surface area contributed by atoms with Crippen molar-refractivity contribution in [3.8, 4) is 0 Å². The summed E-state index contributed by atoms with van der Waals surface area (Å²) in [6, 6.07) is 22.6. The molecule has 28 heavy (non-hydrogen) atoms. The normalized spacial score (nSPS) is 15.2. The van der Waals surface area contributed by atoms with Crippen molar-refractivity contribution in [3.05, 3.63) is 95.1 Å². The van der Waals surface area contributed by atoms with Crippen molar-refractivity contribution in [2.75, 3.05) is 10.2 Å². The first kappa shape index (κ1) is 18.0. The van der Waals surface area contributed by atoms with E-state index in [-0.39, 0.29) is 17.9 Å². The van der Waals surface area contributed by atoms with Crippen LogP contribution in [0.3, 0.4) is 0 Å². The Kier molecular flexibility index (Phi) is 4.70. The first-order chi connectivity index (χ1) is 13.5. The maximum absolute atomic E-state index is 13.2. The van der Waals surface area contributed by atoms with E-state index in [0.717, 1.165) is 23.4 Å². The Balaban J connectivity index is 1.57. The minimum atomic E-state index is -0.228. The van der Waals surface area contributed by atoms with Crippen molar-refractivity contribution in [1.29, 1.82) is 0 Å². The van der Waals surface area contributed by atoms with Gasteiger partial charge in [0.15, 0.2) is 0 Å². The molecule has 1 unspecified atom stereocenters. The molecule has 1 N–H and O–H groups in total. The number of aryl methyl sites for hydroxylation is 1. The van der Waals surface area contributed by atoms with Gasteiger partial charge in [-0.05, 0) is 62.2 Å². The number of nitrogens with zero attached hydrogens (tertiary/aromatic N) is 1. The van der Waals surface area contributed by atoms with Crippen LogP contribution in [0.25, 0.3) is 0 Å². The topological polar surface area (TPSA) is 49.4 Å². The summed E-state index contributed by atoms with van der Waals surface area (Å²) in [6.45, 7) is 4.05. The third-order valence-corrected chi connectivity index (χ3v) is 5.11. The molecule has 0 bridgehead atoms. The van der Waals surface area contributed by atoms with Gasteiger partial charge in [-0.1, -0.05) is 42.0 Å². The molecule has 0 aliphatic carbocycles. The summed E-state index contributed by atoms with van der Waals surface area (Å²) in [5.74, 6) is -0.309. The average molecular weight is 370 g/mol. The van der Waals surface area contributed by atoms with Gasteiger partial charge in [-0.15, -0.1) is 0 Å². The number of anilines is 2. The van der Waals surface area contributed by atoms with Crippen LogP contribution in [-0.4, -0.2) is 17.9 Å². The van der Waals surface area contributed by atoms with Crippen LogP contribution in [0.4, 0.5) is 11.4 Å². The molecule has 4 heteroatoms. The predicted octanol–water partition coefficient (Wildman–Crippen LogP) is 4.84. The number of hydrogen-bond donors (Lipinski definition) is 1. The molecule has 1 atom stereocenters. The number of carbonyl (C=O) groups excluding carboxylic acids is 2. The van der Waals surface area contributed by atoms with Gasteiger partial charge >= 0.3 is 0 Å². The van der Waals surface area contributed by atoms with E-state index in [2.05, 4.69) is 11.4 Å². The highest BCUT2D eigenvalue weighted by Crippen LogP contribution is 2.33. The highest BCUT2D eigenvalue weighted by atomic mass is 16.2. The van der Waals surface area contributed by atoms with E-state index < -0.39 is 0 Å². The summed E-state index contributed by atoms with van der Waals surface area (Å²) in [6.07, 6.45) is 0.843. The summed E-state index contributed by atoms with van der Waals surface area (Å²) >= 11 is 0. The summed E-state index contributed by atoms with van der Waals surface area (Å²) in [7, 11) is 0. The van der Waals surface area contributed by atoms with Gasteiger partial charge in [-0.25, -0.2) is 0 Å². The highest BCUT2D eigenvalue weighted by molar-refractivity contribution is 6.10. The molecule has 0 radical (unpaired) electrons. The molecule has 3 aromatic carbocycles. The minimum absolute atomic E-state index is 0.0811. The molecule has 0 aromatic heterocycles. The molecule has 0 saturated heterocycles. The number of para-hydroxylation sites is 1. The quantitative estimate of drug-likeness (QED) is 0.717. The molecule has 140 valence electrons. The number of rotatable bonds is 3. The lowest BCUT2D eigenvalue weighted by atomic mass is 10.1. The summed E-state index contributed by atoms with van der Waals surface area (Å²) < 4.78 is 0. The van der Waals surface area contributed by atoms with E-state index in [9.17, 15) is 9.59 Å². The van der Waals surface area contributed by atoms with E-state index in [1.54, 1.807) is 24.3 Å². The van der Waals surface area contributed by atoms with E-state index in [0.29, 0.717) is 11.1 Å². The molecule has 4 nitrogen and oxygen atoms in total. The molecule has 2 amide bonds. The van der Waals surface area contributed by atoms with Crippen LogP contribution in [0.5, 0.6) is 0 Å². The molecular weight excluding hydrogens is 348 g/mol. The zero-order valence-corrected chi connectivity index (χ0v) is 16.0. The van der Waals surface area contributed by atoms with Crippen molar-refractivity contribution >= 4 is 23.2 Å². The summed E-state index contributed by atoms with van der Waals surface area (Å²) in [5.41, 5.74) is 4.97. The number of nitrogens with one attached hydrogen (secondary N) is 1. The fraction of sp³-hybridized carbons (Fsp3) is 0.167. The highest BCUT2D eigenvalue weighted by Gasteiger charge is 2.31. The van der Waals surface area contributed by atoms with E-state index in [1.165, 1.54) is 5.56 Å². The third-order valence-electron chi connectivity index (χ3n) is 5.11. The first-order valence-corrected chi connectivity index (χ1v) is 9.42. The Bertz CT molecular complexity index is 1040. The number of benzene rings is 3. The van der Waals surface area contributed by atoms with Gasteiger partial charge in [-0.3, -0.25) is 9.59 Å². The van der Waals surface area contributed by atoms with Gasteiger partial charge < -0.3 is 10.2 Å².